The molecule has 54 valence electrons. The average molecular weight is 177 g/mol. The van der Waals surface area contributed by atoms with Crippen molar-refractivity contribution < 1.29 is 5.11 Å². The zero-order valence-electron chi connectivity index (χ0n) is 5.36. The minimum atomic E-state index is 0.0340. The fourth-order valence-corrected chi connectivity index (χ4v) is 1.08. The van der Waals surface area contributed by atoms with Gasteiger partial charge in [-0.25, -0.2) is 0 Å². The molecule has 0 unspecified atom stereocenters. The molecule has 0 aliphatic rings. The van der Waals surface area contributed by atoms with Gasteiger partial charge in [0, 0.05) is 11.1 Å². The highest BCUT2D eigenvalue weighted by atomic mass is 35.5. The number of benzene rings is 1. The molecule has 1 rings (SSSR count). The Bertz CT molecular complexity index is 235. The fourth-order valence-electron chi connectivity index (χ4n) is 0.708. The maximum atomic E-state index is 9.06. The van der Waals surface area contributed by atoms with Crippen molar-refractivity contribution in [1.82, 2.24) is 0 Å². The lowest BCUT2D eigenvalue weighted by Crippen LogP contribution is -1.75. The molecule has 1 nitrogen and oxygen atoms in total. The molecule has 10 heavy (non-hydrogen) atoms. The summed E-state index contributed by atoms with van der Waals surface area (Å²) in [7, 11) is 0. The van der Waals surface area contributed by atoms with Crippen molar-refractivity contribution in [3.05, 3.63) is 27.7 Å². The Morgan fingerprint density at radius 3 is 2.40 bits per heavy atom. The van der Waals surface area contributed by atoms with Gasteiger partial charge in [-0.2, -0.15) is 0 Å². The Morgan fingerprint density at radius 1 is 1.30 bits per heavy atom. The molecule has 3 heteroatoms. The number of hydrogen-bond acceptors (Lipinski definition) is 1. The first-order valence-corrected chi connectivity index (χ1v) is 3.51. The van der Waals surface area contributed by atoms with Gasteiger partial charge < -0.3 is 5.11 Å². The molecule has 0 aliphatic carbocycles. The van der Waals surface area contributed by atoms with E-state index < -0.39 is 0 Å². The van der Waals surface area contributed by atoms with E-state index in [4.69, 9.17) is 28.3 Å². The van der Waals surface area contributed by atoms with Crippen LogP contribution in [0, 0.1) is 6.92 Å². The molecule has 0 fully saturated rings. The van der Waals surface area contributed by atoms with Gasteiger partial charge in [0.1, 0.15) is 5.75 Å². The van der Waals surface area contributed by atoms with Crippen molar-refractivity contribution in [2.75, 3.05) is 0 Å². The third-order valence-electron chi connectivity index (χ3n) is 1.20. The summed E-state index contributed by atoms with van der Waals surface area (Å²) >= 11 is 11.2. The number of hydrogen-bond donors (Lipinski definition) is 1. The summed E-state index contributed by atoms with van der Waals surface area (Å²) in [6, 6.07) is 3.11. The van der Waals surface area contributed by atoms with Crippen molar-refractivity contribution in [2.45, 2.75) is 6.92 Å². The predicted octanol–water partition coefficient (Wildman–Crippen LogP) is 3.01. The summed E-state index contributed by atoms with van der Waals surface area (Å²) in [5, 5.41) is 9.93. The minimum absolute atomic E-state index is 0.0340. The van der Waals surface area contributed by atoms with Crippen LogP contribution in [-0.2, 0) is 0 Å². The first-order valence-electron chi connectivity index (χ1n) is 2.76. The molecule has 0 bridgehead atoms. The van der Waals surface area contributed by atoms with Crippen LogP contribution in [-0.4, -0.2) is 5.11 Å². The molecule has 1 aromatic carbocycles. The molecule has 1 N–H and O–H groups in total. The lowest BCUT2D eigenvalue weighted by Gasteiger charge is -2.00. The SMILES string of the molecule is Cc1cc(Cl)cc(O)c1Cl. The molecule has 0 saturated heterocycles. The van der Waals surface area contributed by atoms with E-state index >= 15 is 0 Å². The van der Waals surface area contributed by atoms with Gasteiger partial charge >= 0.3 is 0 Å². The first kappa shape index (κ1) is 7.70. The second kappa shape index (κ2) is 2.69. The van der Waals surface area contributed by atoms with Crippen LogP contribution >= 0.6 is 23.2 Å². The molecule has 0 radical (unpaired) electrons. The molecule has 0 aliphatic heterocycles. The number of rotatable bonds is 0. The minimum Gasteiger partial charge on any atom is -0.506 e. The molecule has 0 amide bonds. The number of aromatic hydroxyl groups is 1. The van der Waals surface area contributed by atoms with Crippen molar-refractivity contribution >= 4 is 23.2 Å². The lowest BCUT2D eigenvalue weighted by atomic mass is 10.2. The predicted molar refractivity (Wildman–Crippen MR) is 42.9 cm³/mol. The van der Waals surface area contributed by atoms with Crippen LogP contribution in [0.3, 0.4) is 0 Å². The topological polar surface area (TPSA) is 20.2 Å². The van der Waals surface area contributed by atoms with Crippen molar-refractivity contribution in [1.29, 1.82) is 0 Å². The summed E-state index contributed by atoms with van der Waals surface area (Å²) in [5.74, 6) is 0.0340. The zero-order chi connectivity index (χ0) is 7.72. The smallest absolute Gasteiger partial charge is 0.135 e. The Morgan fingerprint density at radius 2 is 1.90 bits per heavy atom. The Balaban J connectivity index is 3.31. The fraction of sp³-hybridized carbons (Fsp3) is 0.143. The Hall–Kier alpha value is -0.400. The van der Waals surface area contributed by atoms with E-state index in [1.54, 1.807) is 13.0 Å². The van der Waals surface area contributed by atoms with Crippen molar-refractivity contribution in [3.8, 4) is 5.75 Å². The van der Waals surface area contributed by atoms with E-state index in [2.05, 4.69) is 0 Å². The van der Waals surface area contributed by atoms with Crippen LogP contribution in [0.15, 0.2) is 12.1 Å². The van der Waals surface area contributed by atoms with E-state index in [0.29, 0.717) is 10.0 Å². The van der Waals surface area contributed by atoms with Gasteiger partial charge in [0.25, 0.3) is 0 Å². The molecule has 0 atom stereocenters. The van der Waals surface area contributed by atoms with Gasteiger partial charge in [0.15, 0.2) is 0 Å². The second-order valence-electron chi connectivity index (χ2n) is 2.06. The largest absolute Gasteiger partial charge is 0.506 e. The van der Waals surface area contributed by atoms with E-state index in [-0.39, 0.29) is 5.75 Å². The summed E-state index contributed by atoms with van der Waals surface area (Å²) in [5.41, 5.74) is 0.784. The third kappa shape index (κ3) is 1.36. The summed E-state index contributed by atoms with van der Waals surface area (Å²) < 4.78 is 0. The molecular formula is C7H6Cl2O. The van der Waals surface area contributed by atoms with E-state index in [1.807, 2.05) is 0 Å². The number of phenols is 1. The monoisotopic (exact) mass is 176 g/mol. The van der Waals surface area contributed by atoms with Crippen LogP contribution in [0.4, 0.5) is 0 Å². The maximum absolute atomic E-state index is 9.06. The lowest BCUT2D eigenvalue weighted by molar-refractivity contribution is 0.475. The number of aryl methyl sites for hydroxylation is 1. The summed E-state index contributed by atoms with van der Waals surface area (Å²) in [6.07, 6.45) is 0. The Kier molecular flexibility index (Phi) is 2.07. The highest BCUT2D eigenvalue weighted by Crippen LogP contribution is 2.29. The van der Waals surface area contributed by atoms with E-state index in [0.717, 1.165) is 5.56 Å². The molecule has 1 aromatic rings. The van der Waals surface area contributed by atoms with Crippen LogP contribution in [0.1, 0.15) is 5.56 Å². The van der Waals surface area contributed by atoms with Crippen LogP contribution in [0.25, 0.3) is 0 Å². The maximum Gasteiger partial charge on any atom is 0.135 e. The van der Waals surface area contributed by atoms with Gasteiger partial charge in [0.2, 0.25) is 0 Å². The normalized spacial score (nSPS) is 9.90. The van der Waals surface area contributed by atoms with Crippen LogP contribution in [0.2, 0.25) is 10.0 Å². The van der Waals surface area contributed by atoms with Gasteiger partial charge in [-0.05, 0) is 18.6 Å². The first-order chi connectivity index (χ1) is 4.61. The van der Waals surface area contributed by atoms with Gasteiger partial charge in [-0.15, -0.1) is 0 Å². The highest BCUT2D eigenvalue weighted by molar-refractivity contribution is 6.34. The summed E-state index contributed by atoms with van der Waals surface area (Å²) in [4.78, 5) is 0. The molecule has 0 spiro atoms. The Labute approximate surface area is 69.2 Å². The third-order valence-corrected chi connectivity index (χ3v) is 1.91. The molecule has 0 saturated carbocycles. The number of phenolic OH excluding ortho intramolecular Hbond substituents is 1. The molecule has 0 heterocycles. The molecule has 0 aromatic heterocycles. The summed E-state index contributed by atoms with van der Waals surface area (Å²) in [6.45, 7) is 1.79. The van der Waals surface area contributed by atoms with Gasteiger partial charge in [-0.1, -0.05) is 23.2 Å². The van der Waals surface area contributed by atoms with Gasteiger partial charge in [0.05, 0.1) is 5.02 Å². The average Bonchev–Trinajstić information content (AvgIpc) is 1.82. The van der Waals surface area contributed by atoms with Crippen LogP contribution in [0.5, 0.6) is 5.75 Å². The standard InChI is InChI=1S/C7H6Cl2O/c1-4-2-5(8)3-6(10)7(4)9/h2-3,10H,1H3. The van der Waals surface area contributed by atoms with Crippen molar-refractivity contribution in [3.63, 3.8) is 0 Å². The van der Waals surface area contributed by atoms with E-state index in [1.165, 1.54) is 6.07 Å². The van der Waals surface area contributed by atoms with Crippen molar-refractivity contribution in [2.24, 2.45) is 0 Å². The zero-order valence-corrected chi connectivity index (χ0v) is 6.87. The van der Waals surface area contributed by atoms with Gasteiger partial charge in [-0.3, -0.25) is 0 Å². The quantitative estimate of drug-likeness (QED) is 0.645. The highest BCUT2D eigenvalue weighted by Gasteiger charge is 2.02. The molecular weight excluding hydrogens is 171 g/mol. The van der Waals surface area contributed by atoms with Crippen LogP contribution < -0.4 is 0 Å². The number of halogens is 2. The van der Waals surface area contributed by atoms with E-state index in [9.17, 15) is 0 Å². The second-order valence-corrected chi connectivity index (χ2v) is 2.87.